The fraction of sp³-hybridized carbons (Fsp3) is 0.556. The fourth-order valence-electron chi connectivity index (χ4n) is 3.22. The fourth-order valence-corrected chi connectivity index (χ4v) is 3.22. The molecule has 4 nitrogen and oxygen atoms in total. The van der Waals surface area contributed by atoms with Crippen LogP contribution in [0.5, 0.6) is 0 Å². The SMILES string of the molecule is CCCCCCn1nnc2c1CCN(c1ccc(C(F)(F)F)cc1)C2. The van der Waals surface area contributed by atoms with E-state index in [1.807, 2.05) is 4.68 Å². The number of fused-ring (bicyclic) bond motifs is 1. The third-order valence-corrected chi connectivity index (χ3v) is 4.66. The molecular formula is C18H23F3N4. The molecule has 1 aromatic carbocycles. The standard InChI is InChI=1S/C18H23F3N4/c1-2-3-4-5-11-25-17-10-12-24(13-16(17)22-23-25)15-8-6-14(7-9-15)18(19,20)21/h6-9H,2-5,10-13H2,1H3. The Balaban J connectivity index is 1.65. The Kier molecular flexibility index (Phi) is 5.30. The van der Waals surface area contributed by atoms with Crippen LogP contribution >= 0.6 is 0 Å². The predicted molar refractivity (Wildman–Crippen MR) is 90.4 cm³/mol. The molecule has 0 aliphatic carbocycles. The van der Waals surface area contributed by atoms with E-state index in [-0.39, 0.29) is 0 Å². The number of aromatic nitrogens is 3. The monoisotopic (exact) mass is 352 g/mol. The summed E-state index contributed by atoms with van der Waals surface area (Å²) >= 11 is 0. The van der Waals surface area contributed by atoms with Gasteiger partial charge in [-0.25, -0.2) is 4.68 Å². The van der Waals surface area contributed by atoms with Crippen molar-refractivity contribution >= 4 is 5.69 Å². The van der Waals surface area contributed by atoms with Gasteiger partial charge in [0.2, 0.25) is 0 Å². The highest BCUT2D eigenvalue weighted by molar-refractivity contribution is 5.49. The van der Waals surface area contributed by atoms with Crippen molar-refractivity contribution in [3.8, 4) is 0 Å². The summed E-state index contributed by atoms with van der Waals surface area (Å²) in [7, 11) is 0. The Bertz CT molecular complexity index is 691. The smallest absolute Gasteiger partial charge is 0.365 e. The molecule has 0 saturated heterocycles. The van der Waals surface area contributed by atoms with Crippen LogP contribution in [-0.2, 0) is 25.7 Å². The molecule has 1 aliphatic rings. The van der Waals surface area contributed by atoms with Crippen LogP contribution in [0.1, 0.15) is 49.6 Å². The van der Waals surface area contributed by atoms with E-state index in [1.54, 1.807) is 0 Å². The molecule has 0 bridgehead atoms. The zero-order valence-corrected chi connectivity index (χ0v) is 14.4. The van der Waals surface area contributed by atoms with E-state index in [1.165, 1.54) is 37.1 Å². The molecular weight excluding hydrogens is 329 g/mol. The van der Waals surface area contributed by atoms with E-state index in [2.05, 4.69) is 22.1 Å². The topological polar surface area (TPSA) is 34.0 Å². The van der Waals surface area contributed by atoms with Gasteiger partial charge in [0.25, 0.3) is 0 Å². The number of benzene rings is 1. The second kappa shape index (κ2) is 7.45. The minimum atomic E-state index is -4.30. The van der Waals surface area contributed by atoms with Crippen LogP contribution in [0.15, 0.2) is 24.3 Å². The average Bonchev–Trinajstić information content (AvgIpc) is 3.00. The van der Waals surface area contributed by atoms with E-state index in [4.69, 9.17) is 0 Å². The lowest BCUT2D eigenvalue weighted by Gasteiger charge is -2.28. The summed E-state index contributed by atoms with van der Waals surface area (Å²) in [4.78, 5) is 2.05. The van der Waals surface area contributed by atoms with E-state index in [0.29, 0.717) is 6.54 Å². The molecule has 0 unspecified atom stereocenters. The lowest BCUT2D eigenvalue weighted by molar-refractivity contribution is -0.137. The summed E-state index contributed by atoms with van der Waals surface area (Å²) in [5.41, 5.74) is 2.27. The van der Waals surface area contributed by atoms with Crippen molar-refractivity contribution in [1.29, 1.82) is 0 Å². The molecule has 0 atom stereocenters. The first kappa shape index (κ1) is 17.8. The minimum absolute atomic E-state index is 0.593. The van der Waals surface area contributed by atoms with Gasteiger partial charge in [-0.05, 0) is 30.7 Å². The number of hydrogen-bond donors (Lipinski definition) is 0. The molecule has 1 aliphatic heterocycles. The average molecular weight is 352 g/mol. The first-order chi connectivity index (χ1) is 12.0. The van der Waals surface area contributed by atoms with Gasteiger partial charge in [-0.1, -0.05) is 31.4 Å². The van der Waals surface area contributed by atoms with Crippen LogP contribution in [0.3, 0.4) is 0 Å². The van der Waals surface area contributed by atoms with Gasteiger partial charge in [-0.2, -0.15) is 13.2 Å². The van der Waals surface area contributed by atoms with Crippen molar-refractivity contribution in [1.82, 2.24) is 15.0 Å². The Morgan fingerprint density at radius 3 is 2.52 bits per heavy atom. The number of aryl methyl sites for hydroxylation is 1. The maximum absolute atomic E-state index is 12.7. The summed E-state index contributed by atoms with van der Waals surface area (Å²) in [6.07, 6.45) is 1.26. The van der Waals surface area contributed by atoms with Crippen molar-refractivity contribution in [3.63, 3.8) is 0 Å². The summed E-state index contributed by atoms with van der Waals surface area (Å²) < 4.78 is 40.0. The molecule has 7 heteroatoms. The molecule has 0 N–H and O–H groups in total. The molecule has 2 aromatic rings. The summed E-state index contributed by atoms with van der Waals surface area (Å²) in [6.45, 7) is 4.44. The molecule has 0 spiro atoms. The van der Waals surface area contributed by atoms with Crippen LogP contribution in [-0.4, -0.2) is 21.5 Å². The number of anilines is 1. The summed E-state index contributed by atoms with van der Waals surface area (Å²) in [5, 5.41) is 8.54. The number of halogens is 3. The first-order valence-corrected chi connectivity index (χ1v) is 8.82. The molecule has 3 rings (SSSR count). The molecule has 136 valence electrons. The normalized spacial score (nSPS) is 14.6. The van der Waals surface area contributed by atoms with Gasteiger partial charge in [0.1, 0.15) is 5.69 Å². The Morgan fingerprint density at radius 1 is 1.08 bits per heavy atom. The van der Waals surface area contributed by atoms with Crippen LogP contribution in [0.25, 0.3) is 0 Å². The first-order valence-electron chi connectivity index (χ1n) is 8.82. The zero-order chi connectivity index (χ0) is 17.9. The van der Waals surface area contributed by atoms with E-state index in [9.17, 15) is 13.2 Å². The molecule has 0 radical (unpaired) electrons. The quantitative estimate of drug-likeness (QED) is 0.721. The van der Waals surface area contributed by atoms with Crippen LogP contribution in [0.2, 0.25) is 0 Å². The lowest BCUT2D eigenvalue weighted by atomic mass is 10.1. The second-order valence-electron chi connectivity index (χ2n) is 6.48. The van der Waals surface area contributed by atoms with Crippen molar-refractivity contribution in [3.05, 3.63) is 41.2 Å². The number of rotatable bonds is 6. The van der Waals surface area contributed by atoms with Gasteiger partial charge in [0.05, 0.1) is 17.8 Å². The predicted octanol–water partition coefficient (Wildman–Crippen LogP) is 4.44. The largest absolute Gasteiger partial charge is 0.416 e. The van der Waals surface area contributed by atoms with E-state index >= 15 is 0 Å². The summed E-state index contributed by atoms with van der Waals surface area (Å²) in [5.74, 6) is 0. The minimum Gasteiger partial charge on any atom is -0.365 e. The van der Waals surface area contributed by atoms with Crippen molar-refractivity contribution in [2.75, 3.05) is 11.4 Å². The molecule has 0 fully saturated rings. The van der Waals surface area contributed by atoms with E-state index in [0.717, 1.165) is 49.4 Å². The highest BCUT2D eigenvalue weighted by Gasteiger charge is 2.30. The van der Waals surface area contributed by atoms with Crippen molar-refractivity contribution in [2.45, 2.75) is 58.3 Å². The van der Waals surface area contributed by atoms with Gasteiger partial charge in [0.15, 0.2) is 0 Å². The Hall–Kier alpha value is -2.05. The molecule has 2 heterocycles. The number of unbranched alkanes of at least 4 members (excludes halogenated alkanes) is 3. The maximum Gasteiger partial charge on any atom is 0.416 e. The molecule has 25 heavy (non-hydrogen) atoms. The van der Waals surface area contributed by atoms with Gasteiger partial charge in [-0.3, -0.25) is 0 Å². The highest BCUT2D eigenvalue weighted by atomic mass is 19.4. The molecule has 0 saturated carbocycles. The van der Waals surface area contributed by atoms with E-state index < -0.39 is 11.7 Å². The molecule has 0 amide bonds. The highest BCUT2D eigenvalue weighted by Crippen LogP contribution is 2.31. The molecule has 1 aromatic heterocycles. The van der Waals surface area contributed by atoms with Gasteiger partial charge >= 0.3 is 6.18 Å². The number of hydrogen-bond acceptors (Lipinski definition) is 3. The Morgan fingerprint density at radius 2 is 1.84 bits per heavy atom. The van der Waals surface area contributed by atoms with Gasteiger partial charge < -0.3 is 4.90 Å². The second-order valence-corrected chi connectivity index (χ2v) is 6.48. The lowest BCUT2D eigenvalue weighted by Crippen LogP contribution is -2.31. The van der Waals surface area contributed by atoms with Gasteiger partial charge in [0, 0.05) is 25.2 Å². The Labute approximate surface area is 145 Å². The zero-order valence-electron chi connectivity index (χ0n) is 14.4. The van der Waals surface area contributed by atoms with Crippen molar-refractivity contribution < 1.29 is 13.2 Å². The third kappa shape index (κ3) is 4.14. The van der Waals surface area contributed by atoms with Crippen LogP contribution < -0.4 is 4.90 Å². The third-order valence-electron chi connectivity index (χ3n) is 4.66. The maximum atomic E-state index is 12.7. The van der Waals surface area contributed by atoms with Crippen LogP contribution in [0.4, 0.5) is 18.9 Å². The number of nitrogens with zero attached hydrogens (tertiary/aromatic N) is 4. The van der Waals surface area contributed by atoms with Gasteiger partial charge in [-0.15, -0.1) is 5.10 Å². The van der Waals surface area contributed by atoms with Crippen LogP contribution in [0, 0.1) is 0 Å². The summed E-state index contributed by atoms with van der Waals surface area (Å²) in [6, 6.07) is 5.33. The van der Waals surface area contributed by atoms with Crippen molar-refractivity contribution in [2.24, 2.45) is 0 Å². The number of alkyl halides is 3.